The molecule has 4 atom stereocenters. The number of rotatable bonds is 1. The average molecular weight is 358 g/mol. The van der Waals surface area contributed by atoms with Crippen molar-refractivity contribution in [3.63, 3.8) is 0 Å². The Bertz CT molecular complexity index is 949. The lowest BCUT2D eigenvalue weighted by atomic mass is 9.77. The molecule has 5 aliphatic rings. The van der Waals surface area contributed by atoms with Gasteiger partial charge in [0.25, 0.3) is 0 Å². The van der Waals surface area contributed by atoms with Gasteiger partial charge in [-0.25, -0.2) is 0 Å². The SMILES string of the molecule is C1=CC2SC3=C(C4C=Cc5[nH]c6c(c5C4)CCC=C6)C=CCC3C2C=C1. The Morgan fingerprint density at radius 2 is 1.85 bits per heavy atom. The summed E-state index contributed by atoms with van der Waals surface area (Å²) in [5.74, 6) is 1.92. The molecule has 0 spiro atoms. The molecule has 0 saturated carbocycles. The molecule has 6 rings (SSSR count). The number of H-pyrrole nitrogens is 1. The third-order valence-electron chi connectivity index (χ3n) is 6.61. The first-order valence-corrected chi connectivity index (χ1v) is 10.8. The summed E-state index contributed by atoms with van der Waals surface area (Å²) in [6.07, 6.45) is 28.3. The molecule has 2 heteroatoms. The van der Waals surface area contributed by atoms with Crippen molar-refractivity contribution in [3.05, 3.63) is 81.6 Å². The van der Waals surface area contributed by atoms with E-state index in [-0.39, 0.29) is 0 Å². The monoisotopic (exact) mass is 357 g/mol. The Hall–Kier alpha value is -1.93. The van der Waals surface area contributed by atoms with E-state index in [1.54, 1.807) is 21.6 Å². The number of fused-ring (bicyclic) bond motifs is 6. The van der Waals surface area contributed by atoms with Gasteiger partial charge in [-0.3, -0.25) is 0 Å². The Kier molecular flexibility index (Phi) is 3.37. The third kappa shape index (κ3) is 2.18. The van der Waals surface area contributed by atoms with Crippen LogP contribution in [0.2, 0.25) is 0 Å². The fourth-order valence-corrected chi connectivity index (χ4v) is 7.02. The zero-order valence-electron chi connectivity index (χ0n) is 14.8. The molecule has 1 aromatic rings. The molecular weight excluding hydrogens is 334 g/mol. The van der Waals surface area contributed by atoms with Gasteiger partial charge in [-0.05, 0) is 59.4 Å². The van der Waals surface area contributed by atoms with E-state index in [1.165, 1.54) is 30.7 Å². The molecule has 1 aliphatic heterocycles. The summed E-state index contributed by atoms with van der Waals surface area (Å²) in [6, 6.07) is 0. The first kappa shape index (κ1) is 15.2. The van der Waals surface area contributed by atoms with E-state index >= 15 is 0 Å². The summed E-state index contributed by atoms with van der Waals surface area (Å²) in [5.41, 5.74) is 7.42. The average Bonchev–Trinajstić information content (AvgIpc) is 3.25. The predicted molar refractivity (Wildman–Crippen MR) is 112 cm³/mol. The predicted octanol–water partition coefficient (Wildman–Crippen LogP) is 5.85. The van der Waals surface area contributed by atoms with Gasteiger partial charge in [0.1, 0.15) is 0 Å². The van der Waals surface area contributed by atoms with Crippen LogP contribution in [0.25, 0.3) is 12.2 Å². The minimum Gasteiger partial charge on any atom is -0.355 e. The fraction of sp³-hybridized carbons (Fsp3) is 0.333. The molecule has 26 heavy (non-hydrogen) atoms. The molecule has 0 bridgehead atoms. The maximum absolute atomic E-state index is 3.63. The molecule has 1 N–H and O–H groups in total. The highest BCUT2D eigenvalue weighted by atomic mass is 32.2. The second-order valence-electron chi connectivity index (χ2n) is 8.01. The molecule has 1 saturated heterocycles. The van der Waals surface area contributed by atoms with Crippen molar-refractivity contribution in [1.29, 1.82) is 0 Å². The van der Waals surface area contributed by atoms with Gasteiger partial charge >= 0.3 is 0 Å². The number of thioether (sulfide) groups is 1. The first-order chi connectivity index (χ1) is 12.9. The molecule has 1 aromatic heterocycles. The standard InChI is InChI=1S/C24H23NS/c1-3-10-21-17(6-1)20-14-15(12-13-22(20)25-21)16-8-5-9-19-18-7-2-4-11-23(18)26-24(16)19/h2-5,7-8,10-13,15,18-19,23,25H,1,6,9,14H2. The van der Waals surface area contributed by atoms with Crippen LogP contribution in [0.4, 0.5) is 0 Å². The molecule has 0 amide bonds. The van der Waals surface area contributed by atoms with Gasteiger partial charge in [-0.2, -0.15) is 0 Å². The number of hydrogen-bond acceptors (Lipinski definition) is 1. The maximum Gasteiger partial charge on any atom is 0.0417 e. The van der Waals surface area contributed by atoms with Gasteiger partial charge in [0, 0.05) is 34.4 Å². The van der Waals surface area contributed by atoms with E-state index in [2.05, 4.69) is 77.5 Å². The van der Waals surface area contributed by atoms with Crippen molar-refractivity contribution in [1.82, 2.24) is 4.98 Å². The van der Waals surface area contributed by atoms with Crippen molar-refractivity contribution < 1.29 is 0 Å². The smallest absolute Gasteiger partial charge is 0.0417 e. The Labute approximate surface area is 159 Å². The first-order valence-electron chi connectivity index (χ1n) is 9.89. The molecule has 0 radical (unpaired) electrons. The summed E-state index contributed by atoms with van der Waals surface area (Å²) in [5, 5.41) is 0.642. The topological polar surface area (TPSA) is 15.8 Å². The number of allylic oxidation sites excluding steroid dienone is 9. The van der Waals surface area contributed by atoms with Gasteiger partial charge in [0.15, 0.2) is 0 Å². The van der Waals surface area contributed by atoms with Crippen molar-refractivity contribution in [2.45, 2.75) is 30.9 Å². The molecule has 4 aliphatic carbocycles. The molecule has 130 valence electrons. The van der Waals surface area contributed by atoms with Crippen LogP contribution in [0.15, 0.2) is 59.1 Å². The molecule has 1 fully saturated rings. The number of hydrogen-bond donors (Lipinski definition) is 1. The van der Waals surface area contributed by atoms with E-state index in [1.807, 2.05) is 0 Å². The number of aromatic nitrogens is 1. The molecule has 4 unspecified atom stereocenters. The highest BCUT2D eigenvalue weighted by molar-refractivity contribution is 8.04. The highest BCUT2D eigenvalue weighted by Gasteiger charge is 2.41. The van der Waals surface area contributed by atoms with Crippen LogP contribution in [0, 0.1) is 17.8 Å². The summed E-state index contributed by atoms with van der Waals surface area (Å²) in [7, 11) is 0. The fourth-order valence-electron chi connectivity index (χ4n) is 5.34. The van der Waals surface area contributed by atoms with Crippen LogP contribution in [-0.2, 0) is 12.8 Å². The summed E-state index contributed by atoms with van der Waals surface area (Å²) < 4.78 is 0. The highest BCUT2D eigenvalue weighted by Crippen LogP contribution is 2.54. The molecule has 0 aromatic carbocycles. The van der Waals surface area contributed by atoms with E-state index in [9.17, 15) is 0 Å². The van der Waals surface area contributed by atoms with Crippen LogP contribution in [0.1, 0.15) is 35.4 Å². The summed E-state index contributed by atoms with van der Waals surface area (Å²) >= 11 is 2.13. The Balaban J connectivity index is 1.38. The van der Waals surface area contributed by atoms with E-state index in [0.29, 0.717) is 23.0 Å². The maximum atomic E-state index is 3.63. The van der Waals surface area contributed by atoms with E-state index in [0.717, 1.165) is 6.42 Å². The summed E-state index contributed by atoms with van der Waals surface area (Å²) in [6.45, 7) is 0. The van der Waals surface area contributed by atoms with Gasteiger partial charge in [-0.15, -0.1) is 11.8 Å². The Morgan fingerprint density at radius 1 is 0.923 bits per heavy atom. The van der Waals surface area contributed by atoms with E-state index < -0.39 is 0 Å². The second kappa shape index (κ2) is 5.79. The minimum atomic E-state index is 0.531. The molecular formula is C24H23NS. The van der Waals surface area contributed by atoms with Crippen molar-refractivity contribution in [2.24, 2.45) is 17.8 Å². The number of aromatic amines is 1. The normalized spacial score (nSPS) is 33.2. The second-order valence-corrected chi connectivity index (χ2v) is 9.23. The largest absolute Gasteiger partial charge is 0.355 e. The summed E-state index contributed by atoms with van der Waals surface area (Å²) in [4.78, 5) is 5.30. The lowest BCUT2D eigenvalue weighted by Gasteiger charge is -2.27. The quantitative estimate of drug-likeness (QED) is 0.667. The number of nitrogens with one attached hydrogen (secondary N) is 1. The van der Waals surface area contributed by atoms with Gasteiger partial charge < -0.3 is 4.98 Å². The minimum absolute atomic E-state index is 0.531. The van der Waals surface area contributed by atoms with Crippen LogP contribution in [-0.4, -0.2) is 10.2 Å². The van der Waals surface area contributed by atoms with Crippen LogP contribution in [0.3, 0.4) is 0 Å². The zero-order valence-corrected chi connectivity index (χ0v) is 15.6. The van der Waals surface area contributed by atoms with Crippen molar-refractivity contribution >= 4 is 23.9 Å². The lowest BCUT2D eigenvalue weighted by Crippen LogP contribution is -2.19. The lowest BCUT2D eigenvalue weighted by molar-refractivity contribution is 0.492. The zero-order chi connectivity index (χ0) is 17.1. The van der Waals surface area contributed by atoms with Gasteiger partial charge in [-0.1, -0.05) is 48.6 Å². The van der Waals surface area contributed by atoms with Crippen LogP contribution >= 0.6 is 11.8 Å². The van der Waals surface area contributed by atoms with Crippen molar-refractivity contribution in [3.8, 4) is 0 Å². The van der Waals surface area contributed by atoms with Crippen LogP contribution < -0.4 is 0 Å². The third-order valence-corrected chi connectivity index (χ3v) is 8.15. The van der Waals surface area contributed by atoms with E-state index in [4.69, 9.17) is 0 Å². The van der Waals surface area contributed by atoms with Crippen molar-refractivity contribution in [2.75, 3.05) is 0 Å². The van der Waals surface area contributed by atoms with Gasteiger partial charge in [0.05, 0.1) is 0 Å². The van der Waals surface area contributed by atoms with Crippen LogP contribution in [0.5, 0.6) is 0 Å². The Morgan fingerprint density at radius 3 is 2.85 bits per heavy atom. The van der Waals surface area contributed by atoms with Gasteiger partial charge in [0.2, 0.25) is 0 Å². The molecule has 2 heterocycles. The molecule has 1 nitrogen and oxygen atoms in total.